The predicted molar refractivity (Wildman–Crippen MR) is 74.3 cm³/mol. The summed E-state index contributed by atoms with van der Waals surface area (Å²) in [6.07, 6.45) is 1.51. The molecule has 0 aliphatic carbocycles. The van der Waals surface area contributed by atoms with Crippen LogP contribution in [-0.4, -0.2) is 22.7 Å². The highest BCUT2D eigenvalue weighted by molar-refractivity contribution is 6.44. The number of aryl methyl sites for hydroxylation is 1. The van der Waals surface area contributed by atoms with Gasteiger partial charge >= 0.3 is 0 Å². The number of benzene rings is 1. The Kier molecular flexibility index (Phi) is 4.12. The van der Waals surface area contributed by atoms with Gasteiger partial charge in [0.25, 0.3) is 0 Å². The summed E-state index contributed by atoms with van der Waals surface area (Å²) >= 11 is 12.0. The van der Waals surface area contributed by atoms with Gasteiger partial charge in [-0.1, -0.05) is 29.3 Å². The lowest BCUT2D eigenvalue weighted by Crippen LogP contribution is -2.12. The number of methoxy groups -OCH3 is 1. The molecular formula is C13H12Cl2N2O2. The zero-order valence-electron chi connectivity index (χ0n) is 10.5. The van der Waals surface area contributed by atoms with Crippen LogP contribution < -0.4 is 4.74 Å². The summed E-state index contributed by atoms with van der Waals surface area (Å²) < 4.78 is 6.73. The SMILES string of the molecule is CCn1ncc(OC)c1C(=O)c1cccc(Cl)c1Cl. The second kappa shape index (κ2) is 5.63. The Balaban J connectivity index is 2.55. The quantitative estimate of drug-likeness (QED) is 0.812. The van der Waals surface area contributed by atoms with Gasteiger partial charge in [0.2, 0.25) is 5.78 Å². The van der Waals surface area contributed by atoms with Crippen LogP contribution >= 0.6 is 23.2 Å². The number of ether oxygens (including phenoxy) is 1. The Morgan fingerprint density at radius 3 is 2.79 bits per heavy atom. The van der Waals surface area contributed by atoms with Gasteiger partial charge in [-0.05, 0) is 19.1 Å². The minimum Gasteiger partial charge on any atom is -0.493 e. The molecule has 1 aromatic carbocycles. The minimum absolute atomic E-state index is 0.236. The summed E-state index contributed by atoms with van der Waals surface area (Å²) in [7, 11) is 1.49. The van der Waals surface area contributed by atoms with Gasteiger partial charge in [0, 0.05) is 12.1 Å². The number of carbonyl (C=O) groups excluding carboxylic acids is 1. The van der Waals surface area contributed by atoms with Crippen molar-refractivity contribution in [3.05, 3.63) is 45.7 Å². The summed E-state index contributed by atoms with van der Waals surface area (Å²) in [5.74, 6) is 0.159. The second-order valence-corrected chi connectivity index (χ2v) is 4.59. The lowest BCUT2D eigenvalue weighted by molar-refractivity contribution is 0.102. The van der Waals surface area contributed by atoms with Gasteiger partial charge in [0.1, 0.15) is 0 Å². The summed E-state index contributed by atoms with van der Waals surface area (Å²) in [5.41, 5.74) is 0.705. The number of carbonyl (C=O) groups is 1. The maximum absolute atomic E-state index is 12.6. The summed E-state index contributed by atoms with van der Waals surface area (Å²) in [6, 6.07) is 4.94. The Morgan fingerprint density at radius 1 is 1.42 bits per heavy atom. The summed E-state index contributed by atoms with van der Waals surface area (Å²) in [5, 5.41) is 4.68. The van der Waals surface area contributed by atoms with Crippen LogP contribution in [0.25, 0.3) is 0 Å². The maximum atomic E-state index is 12.6. The molecule has 0 unspecified atom stereocenters. The third-order valence-corrected chi connectivity index (χ3v) is 3.56. The Labute approximate surface area is 120 Å². The number of rotatable bonds is 4. The lowest BCUT2D eigenvalue weighted by atomic mass is 10.1. The van der Waals surface area contributed by atoms with Crippen molar-refractivity contribution in [2.45, 2.75) is 13.5 Å². The van der Waals surface area contributed by atoms with Crippen molar-refractivity contribution in [1.82, 2.24) is 9.78 Å². The van der Waals surface area contributed by atoms with Crippen LogP contribution in [0.1, 0.15) is 23.0 Å². The van der Waals surface area contributed by atoms with Gasteiger partial charge in [-0.25, -0.2) is 0 Å². The third kappa shape index (κ3) is 2.46. The smallest absolute Gasteiger partial charge is 0.216 e. The molecule has 0 saturated carbocycles. The molecule has 100 valence electrons. The molecule has 0 amide bonds. The molecule has 0 N–H and O–H groups in total. The average molecular weight is 299 g/mol. The number of ketones is 1. The number of nitrogens with zero attached hydrogens (tertiary/aromatic N) is 2. The predicted octanol–water partition coefficient (Wildman–Crippen LogP) is 3.45. The number of hydrogen-bond donors (Lipinski definition) is 0. The van der Waals surface area contributed by atoms with E-state index in [0.717, 1.165) is 0 Å². The Morgan fingerprint density at radius 2 is 2.16 bits per heavy atom. The monoisotopic (exact) mass is 298 g/mol. The molecule has 1 heterocycles. The molecule has 0 spiro atoms. The Hall–Kier alpha value is -1.52. The van der Waals surface area contributed by atoms with Gasteiger partial charge in [0.15, 0.2) is 11.4 Å². The van der Waals surface area contributed by atoms with E-state index in [4.69, 9.17) is 27.9 Å². The molecule has 2 aromatic rings. The summed E-state index contributed by atoms with van der Waals surface area (Å²) in [4.78, 5) is 12.6. The molecule has 0 aliphatic rings. The topological polar surface area (TPSA) is 44.1 Å². The zero-order chi connectivity index (χ0) is 14.0. The highest BCUT2D eigenvalue weighted by atomic mass is 35.5. The third-order valence-electron chi connectivity index (χ3n) is 2.74. The van der Waals surface area contributed by atoms with Crippen LogP contribution in [0.15, 0.2) is 24.4 Å². The van der Waals surface area contributed by atoms with Crippen molar-refractivity contribution in [1.29, 1.82) is 0 Å². The normalized spacial score (nSPS) is 10.5. The molecule has 0 atom stereocenters. The molecule has 0 fully saturated rings. The van der Waals surface area contributed by atoms with Crippen LogP contribution in [0.3, 0.4) is 0 Å². The zero-order valence-corrected chi connectivity index (χ0v) is 12.0. The molecule has 0 bridgehead atoms. The molecule has 0 aliphatic heterocycles. The van der Waals surface area contributed by atoms with Crippen LogP contribution in [0.4, 0.5) is 0 Å². The molecule has 19 heavy (non-hydrogen) atoms. The van der Waals surface area contributed by atoms with Crippen molar-refractivity contribution >= 4 is 29.0 Å². The van der Waals surface area contributed by atoms with Crippen molar-refractivity contribution in [3.8, 4) is 5.75 Å². The number of hydrogen-bond acceptors (Lipinski definition) is 3. The van der Waals surface area contributed by atoms with Crippen LogP contribution in [0, 0.1) is 0 Å². The van der Waals surface area contributed by atoms with E-state index in [1.807, 2.05) is 6.92 Å². The van der Waals surface area contributed by atoms with Crippen LogP contribution in [0.2, 0.25) is 10.0 Å². The second-order valence-electron chi connectivity index (χ2n) is 3.81. The standard InChI is InChI=1S/C13H12Cl2N2O2/c1-3-17-12(10(19-2)7-16-17)13(18)8-5-4-6-9(14)11(8)15/h4-7H,3H2,1-2H3. The molecule has 1 aromatic heterocycles. The van der Waals surface area contributed by atoms with E-state index in [9.17, 15) is 4.79 Å². The first kappa shape index (κ1) is 13.9. The fraction of sp³-hybridized carbons (Fsp3) is 0.231. The fourth-order valence-corrected chi connectivity index (χ4v) is 2.18. The summed E-state index contributed by atoms with van der Waals surface area (Å²) in [6.45, 7) is 2.45. The van der Waals surface area contributed by atoms with E-state index in [2.05, 4.69) is 5.10 Å². The van der Waals surface area contributed by atoms with E-state index in [-0.39, 0.29) is 10.8 Å². The van der Waals surface area contributed by atoms with E-state index in [1.54, 1.807) is 22.9 Å². The molecule has 0 radical (unpaired) electrons. The first-order valence-electron chi connectivity index (χ1n) is 5.68. The van der Waals surface area contributed by atoms with Gasteiger partial charge in [-0.15, -0.1) is 0 Å². The van der Waals surface area contributed by atoms with E-state index < -0.39 is 0 Å². The van der Waals surface area contributed by atoms with Crippen LogP contribution in [-0.2, 0) is 6.54 Å². The highest BCUT2D eigenvalue weighted by Gasteiger charge is 2.23. The van der Waals surface area contributed by atoms with Crippen molar-refractivity contribution in [2.24, 2.45) is 0 Å². The first-order valence-corrected chi connectivity index (χ1v) is 6.44. The Bertz CT molecular complexity index is 602. The van der Waals surface area contributed by atoms with E-state index in [0.29, 0.717) is 28.6 Å². The van der Waals surface area contributed by atoms with Gasteiger partial charge in [0.05, 0.1) is 23.4 Å². The van der Waals surface area contributed by atoms with Crippen molar-refractivity contribution < 1.29 is 9.53 Å². The van der Waals surface area contributed by atoms with E-state index in [1.165, 1.54) is 13.3 Å². The minimum atomic E-state index is -0.260. The molecule has 6 heteroatoms. The largest absolute Gasteiger partial charge is 0.493 e. The molecular weight excluding hydrogens is 287 g/mol. The number of halogens is 2. The fourth-order valence-electron chi connectivity index (χ4n) is 1.79. The van der Waals surface area contributed by atoms with Gasteiger partial charge in [-0.2, -0.15) is 5.10 Å². The molecule has 4 nitrogen and oxygen atoms in total. The first-order chi connectivity index (χ1) is 9.10. The average Bonchev–Trinajstić information content (AvgIpc) is 2.84. The molecule has 2 rings (SSSR count). The lowest BCUT2D eigenvalue weighted by Gasteiger charge is -2.08. The van der Waals surface area contributed by atoms with Gasteiger partial charge in [-0.3, -0.25) is 9.48 Å². The number of aromatic nitrogens is 2. The highest BCUT2D eigenvalue weighted by Crippen LogP contribution is 2.29. The van der Waals surface area contributed by atoms with Crippen molar-refractivity contribution in [3.63, 3.8) is 0 Å². The van der Waals surface area contributed by atoms with Crippen molar-refractivity contribution in [2.75, 3.05) is 7.11 Å². The maximum Gasteiger partial charge on any atom is 0.216 e. The van der Waals surface area contributed by atoms with E-state index >= 15 is 0 Å². The van der Waals surface area contributed by atoms with Crippen LogP contribution in [0.5, 0.6) is 5.75 Å². The van der Waals surface area contributed by atoms with Gasteiger partial charge < -0.3 is 4.74 Å². The molecule has 0 saturated heterocycles.